The fourth-order valence-electron chi connectivity index (χ4n) is 3.45. The normalized spacial score (nSPS) is 19.5. The number of benzene rings is 1. The van der Waals surface area contributed by atoms with E-state index in [4.69, 9.17) is 20.9 Å². The van der Waals surface area contributed by atoms with Gasteiger partial charge in [-0.3, -0.25) is 4.79 Å². The number of para-hydroxylation sites is 1. The van der Waals surface area contributed by atoms with E-state index in [0.717, 1.165) is 18.7 Å². The highest BCUT2D eigenvalue weighted by Gasteiger charge is 2.37. The van der Waals surface area contributed by atoms with E-state index in [-0.39, 0.29) is 18.3 Å². The molecule has 1 amide bonds. The van der Waals surface area contributed by atoms with Gasteiger partial charge in [-0.15, -0.1) is 5.10 Å². The van der Waals surface area contributed by atoms with E-state index in [0.29, 0.717) is 41.5 Å². The highest BCUT2D eigenvalue weighted by atomic mass is 35.5. The maximum absolute atomic E-state index is 13.3. The van der Waals surface area contributed by atoms with E-state index in [9.17, 15) is 4.79 Å². The standard InChI is InChI=1S/C19H19ClN6O3/c1-11-21-18(29-24-11)15-10-28-9-8-25(15)19(27)16-22-17(12-6-7-12)26(23-16)14-5-3-2-4-13(14)20/h2-5,12,15H,6-10H2,1H3/t15-/m1/s1. The Kier molecular flexibility index (Phi) is 4.56. The minimum Gasteiger partial charge on any atom is -0.377 e. The van der Waals surface area contributed by atoms with E-state index in [1.54, 1.807) is 22.6 Å². The summed E-state index contributed by atoms with van der Waals surface area (Å²) in [6.07, 6.45) is 2.05. The Labute approximate surface area is 171 Å². The second kappa shape index (κ2) is 7.23. The highest BCUT2D eigenvalue weighted by molar-refractivity contribution is 6.32. The van der Waals surface area contributed by atoms with Crippen molar-refractivity contribution in [3.8, 4) is 5.69 Å². The maximum Gasteiger partial charge on any atom is 0.294 e. The molecule has 1 aliphatic heterocycles. The predicted octanol–water partition coefficient (Wildman–Crippen LogP) is 2.70. The third-order valence-electron chi connectivity index (χ3n) is 5.06. The average Bonchev–Trinajstić information content (AvgIpc) is 3.34. The monoisotopic (exact) mass is 414 g/mol. The summed E-state index contributed by atoms with van der Waals surface area (Å²) in [5.41, 5.74) is 0.716. The largest absolute Gasteiger partial charge is 0.377 e. The van der Waals surface area contributed by atoms with Gasteiger partial charge in [0.15, 0.2) is 5.82 Å². The molecule has 3 heterocycles. The van der Waals surface area contributed by atoms with Gasteiger partial charge in [-0.1, -0.05) is 28.9 Å². The van der Waals surface area contributed by atoms with Crippen LogP contribution in [0.3, 0.4) is 0 Å². The van der Waals surface area contributed by atoms with Crippen LogP contribution in [0.1, 0.15) is 53.0 Å². The first-order valence-electron chi connectivity index (χ1n) is 9.52. The van der Waals surface area contributed by atoms with Gasteiger partial charge in [-0.25, -0.2) is 9.67 Å². The van der Waals surface area contributed by atoms with Crippen molar-refractivity contribution in [2.75, 3.05) is 19.8 Å². The van der Waals surface area contributed by atoms with Crippen molar-refractivity contribution in [1.29, 1.82) is 0 Å². The molecule has 29 heavy (non-hydrogen) atoms. The average molecular weight is 415 g/mol. The molecular formula is C19H19ClN6O3. The molecule has 0 N–H and O–H groups in total. The Balaban J connectivity index is 1.51. The molecule has 1 saturated heterocycles. The summed E-state index contributed by atoms with van der Waals surface area (Å²) in [5.74, 6) is 1.76. The van der Waals surface area contributed by atoms with Crippen molar-refractivity contribution in [2.24, 2.45) is 0 Å². The molecule has 2 aromatic heterocycles. The lowest BCUT2D eigenvalue weighted by atomic mass is 10.2. The van der Waals surface area contributed by atoms with Crippen molar-refractivity contribution < 1.29 is 14.1 Å². The fraction of sp³-hybridized carbons (Fsp3) is 0.421. The molecule has 2 fully saturated rings. The number of hydrogen-bond acceptors (Lipinski definition) is 7. The minimum atomic E-state index is -0.464. The van der Waals surface area contributed by atoms with Crippen LogP contribution < -0.4 is 0 Å². The Morgan fingerprint density at radius 3 is 2.79 bits per heavy atom. The van der Waals surface area contributed by atoms with E-state index in [2.05, 4.69) is 20.2 Å². The fourth-order valence-corrected chi connectivity index (χ4v) is 3.67. The van der Waals surface area contributed by atoms with Gasteiger partial charge in [0.25, 0.3) is 11.8 Å². The second-order valence-corrected chi connectivity index (χ2v) is 7.61. The smallest absolute Gasteiger partial charge is 0.294 e. The molecule has 1 saturated carbocycles. The van der Waals surface area contributed by atoms with E-state index in [1.807, 2.05) is 18.2 Å². The molecule has 0 bridgehead atoms. The van der Waals surface area contributed by atoms with Gasteiger partial charge in [-0.05, 0) is 31.9 Å². The Morgan fingerprint density at radius 1 is 1.24 bits per heavy atom. The molecule has 1 aliphatic carbocycles. The summed E-state index contributed by atoms with van der Waals surface area (Å²) in [7, 11) is 0. The van der Waals surface area contributed by atoms with E-state index < -0.39 is 6.04 Å². The number of carbonyl (C=O) groups is 1. The molecule has 5 rings (SSSR count). The third-order valence-corrected chi connectivity index (χ3v) is 5.38. The zero-order chi connectivity index (χ0) is 20.0. The van der Waals surface area contributed by atoms with Crippen LogP contribution in [0.2, 0.25) is 5.02 Å². The van der Waals surface area contributed by atoms with Gasteiger partial charge in [0.2, 0.25) is 5.82 Å². The number of ether oxygens (including phenoxy) is 1. The number of halogens is 1. The summed E-state index contributed by atoms with van der Waals surface area (Å²) in [4.78, 5) is 23.8. The van der Waals surface area contributed by atoms with Crippen molar-refractivity contribution in [3.05, 3.63) is 52.7 Å². The van der Waals surface area contributed by atoms with Gasteiger partial charge in [0.1, 0.15) is 11.9 Å². The zero-order valence-electron chi connectivity index (χ0n) is 15.8. The molecule has 0 radical (unpaired) electrons. The highest BCUT2D eigenvalue weighted by Crippen LogP contribution is 2.40. The lowest BCUT2D eigenvalue weighted by Gasteiger charge is -2.32. The van der Waals surface area contributed by atoms with Crippen LogP contribution >= 0.6 is 11.6 Å². The summed E-state index contributed by atoms with van der Waals surface area (Å²) in [6, 6.07) is 6.95. The quantitative estimate of drug-likeness (QED) is 0.647. The molecule has 9 nitrogen and oxygen atoms in total. The van der Waals surface area contributed by atoms with E-state index in [1.165, 1.54) is 0 Å². The van der Waals surface area contributed by atoms with Crippen molar-refractivity contribution in [1.82, 2.24) is 29.8 Å². The van der Waals surface area contributed by atoms with Crippen molar-refractivity contribution >= 4 is 17.5 Å². The number of rotatable bonds is 4. The van der Waals surface area contributed by atoms with Crippen LogP contribution in [0.15, 0.2) is 28.8 Å². The number of aryl methyl sites for hydroxylation is 1. The summed E-state index contributed by atoms with van der Waals surface area (Å²) >= 11 is 6.37. The Morgan fingerprint density at radius 2 is 2.07 bits per heavy atom. The van der Waals surface area contributed by atoms with Crippen molar-refractivity contribution in [3.63, 3.8) is 0 Å². The first-order chi connectivity index (χ1) is 14.1. The number of hydrogen-bond donors (Lipinski definition) is 0. The number of nitrogens with zero attached hydrogens (tertiary/aromatic N) is 6. The second-order valence-electron chi connectivity index (χ2n) is 7.20. The number of carbonyl (C=O) groups excluding carboxylic acids is 1. The van der Waals surface area contributed by atoms with Crippen LogP contribution in [0.5, 0.6) is 0 Å². The van der Waals surface area contributed by atoms with Gasteiger partial charge >= 0.3 is 0 Å². The first kappa shape index (κ1) is 18.3. The molecule has 3 aromatic rings. The Bertz CT molecular complexity index is 1060. The van der Waals surface area contributed by atoms with Gasteiger partial charge in [-0.2, -0.15) is 4.98 Å². The summed E-state index contributed by atoms with van der Waals surface area (Å²) < 4.78 is 12.5. The van der Waals surface area contributed by atoms with Gasteiger partial charge < -0.3 is 14.2 Å². The first-order valence-corrected chi connectivity index (χ1v) is 9.90. The molecule has 1 aromatic carbocycles. The third kappa shape index (κ3) is 3.40. The van der Waals surface area contributed by atoms with Gasteiger partial charge in [0, 0.05) is 12.5 Å². The SMILES string of the molecule is Cc1noc([C@H]2COCCN2C(=O)c2nc(C3CC3)n(-c3ccccc3Cl)n2)n1. The summed E-state index contributed by atoms with van der Waals surface area (Å²) in [6.45, 7) is 2.84. The molecule has 10 heteroatoms. The maximum atomic E-state index is 13.3. The van der Waals surface area contributed by atoms with Crippen LogP contribution in [-0.4, -0.2) is 55.5 Å². The topological polar surface area (TPSA) is 99.2 Å². The molecule has 150 valence electrons. The lowest BCUT2D eigenvalue weighted by Crippen LogP contribution is -2.44. The predicted molar refractivity (Wildman–Crippen MR) is 102 cm³/mol. The van der Waals surface area contributed by atoms with Crippen LogP contribution in [0.25, 0.3) is 5.69 Å². The van der Waals surface area contributed by atoms with Gasteiger partial charge in [0.05, 0.1) is 23.9 Å². The number of amides is 1. The van der Waals surface area contributed by atoms with Crippen LogP contribution in [0.4, 0.5) is 0 Å². The molecular weight excluding hydrogens is 396 g/mol. The molecule has 2 aliphatic rings. The number of aromatic nitrogens is 5. The lowest BCUT2D eigenvalue weighted by molar-refractivity contribution is -0.0125. The zero-order valence-corrected chi connectivity index (χ0v) is 16.5. The van der Waals surface area contributed by atoms with E-state index >= 15 is 0 Å². The van der Waals surface area contributed by atoms with Crippen LogP contribution in [0, 0.1) is 6.92 Å². The Hall–Kier alpha value is -2.78. The molecule has 1 atom stereocenters. The van der Waals surface area contributed by atoms with Crippen molar-refractivity contribution in [2.45, 2.75) is 31.7 Å². The number of morpholine rings is 1. The minimum absolute atomic E-state index is 0.134. The van der Waals surface area contributed by atoms with Crippen LogP contribution in [-0.2, 0) is 4.74 Å². The molecule has 0 spiro atoms. The molecule has 0 unspecified atom stereocenters. The summed E-state index contributed by atoms with van der Waals surface area (Å²) in [5, 5.41) is 8.92.